The molecule has 3 N–H and O–H groups in total. The largest absolute Gasteiger partial charge is 0.327 e. The second kappa shape index (κ2) is 7.77. The molecule has 1 aliphatic rings. The van der Waals surface area contributed by atoms with Crippen molar-refractivity contribution in [1.82, 2.24) is 0 Å². The summed E-state index contributed by atoms with van der Waals surface area (Å²) in [5.74, 6) is 0.377. The van der Waals surface area contributed by atoms with E-state index in [0.29, 0.717) is 11.6 Å². The highest BCUT2D eigenvalue weighted by atomic mass is 35.5. The first-order valence-corrected chi connectivity index (χ1v) is 9.83. The standard InChI is InChI=1S/C19H24N2O2S.ClH/c1-13(2)14-5-9-19(10-6-14)24(22,23)21-18-8-4-15-11-17(20)7-3-16(15)12-18;/h4-6,8-10,12-13,17,21H,3,7,11,20H2,1-2H3;1H/t17-;/m0./s1. The minimum Gasteiger partial charge on any atom is -0.327 e. The van der Waals surface area contributed by atoms with Crippen LogP contribution in [0.4, 0.5) is 5.69 Å². The zero-order valence-electron chi connectivity index (χ0n) is 14.5. The van der Waals surface area contributed by atoms with Crippen LogP contribution in [0, 0.1) is 0 Å². The summed E-state index contributed by atoms with van der Waals surface area (Å²) in [5.41, 5.74) is 10.1. The number of sulfonamides is 1. The third-order valence-electron chi connectivity index (χ3n) is 4.58. The van der Waals surface area contributed by atoms with Crippen molar-refractivity contribution in [2.75, 3.05) is 4.72 Å². The molecule has 1 atom stereocenters. The highest BCUT2D eigenvalue weighted by Gasteiger charge is 2.18. The second-order valence-electron chi connectivity index (χ2n) is 6.82. The number of nitrogens with one attached hydrogen (secondary N) is 1. The first kappa shape index (κ1) is 19.8. The third kappa shape index (κ3) is 4.54. The normalized spacial score (nSPS) is 16.9. The molecule has 0 unspecified atom stereocenters. The Kier molecular flexibility index (Phi) is 6.14. The van der Waals surface area contributed by atoms with Gasteiger partial charge in [-0.1, -0.05) is 32.0 Å². The van der Waals surface area contributed by atoms with Crippen molar-refractivity contribution in [2.45, 2.75) is 50.0 Å². The Morgan fingerprint density at radius 2 is 1.76 bits per heavy atom. The molecule has 0 saturated heterocycles. The van der Waals surface area contributed by atoms with Gasteiger partial charge in [0.05, 0.1) is 4.90 Å². The number of rotatable bonds is 4. The number of benzene rings is 2. The fourth-order valence-electron chi connectivity index (χ4n) is 3.09. The van der Waals surface area contributed by atoms with Gasteiger partial charge in [0.2, 0.25) is 0 Å². The summed E-state index contributed by atoms with van der Waals surface area (Å²) >= 11 is 0. The molecule has 0 saturated carbocycles. The molecule has 2 aromatic carbocycles. The van der Waals surface area contributed by atoms with Crippen LogP contribution in [0.5, 0.6) is 0 Å². The number of hydrogen-bond donors (Lipinski definition) is 2. The Labute approximate surface area is 156 Å². The lowest BCUT2D eigenvalue weighted by molar-refractivity contribution is 0.576. The van der Waals surface area contributed by atoms with E-state index in [1.54, 1.807) is 12.1 Å². The van der Waals surface area contributed by atoms with E-state index >= 15 is 0 Å². The van der Waals surface area contributed by atoms with Crippen LogP contribution in [-0.4, -0.2) is 14.5 Å². The summed E-state index contributed by atoms with van der Waals surface area (Å²) in [7, 11) is -3.57. The number of hydrogen-bond acceptors (Lipinski definition) is 3. The molecule has 4 nitrogen and oxygen atoms in total. The SMILES string of the molecule is CC(C)c1ccc(S(=O)(=O)Nc2ccc3c(c2)CC[C@H](N)C3)cc1.Cl. The maximum atomic E-state index is 12.6. The minimum absolute atomic E-state index is 0. The van der Waals surface area contributed by atoms with Crippen molar-refractivity contribution in [2.24, 2.45) is 5.73 Å². The fraction of sp³-hybridized carbons (Fsp3) is 0.368. The summed E-state index contributed by atoms with van der Waals surface area (Å²) in [6.45, 7) is 4.17. The van der Waals surface area contributed by atoms with Crippen LogP contribution < -0.4 is 10.5 Å². The fourth-order valence-corrected chi connectivity index (χ4v) is 4.14. The van der Waals surface area contributed by atoms with E-state index in [1.165, 1.54) is 11.1 Å². The van der Waals surface area contributed by atoms with Crippen molar-refractivity contribution in [3.63, 3.8) is 0 Å². The molecule has 0 spiro atoms. The summed E-state index contributed by atoms with van der Waals surface area (Å²) in [6, 6.07) is 13.0. The minimum atomic E-state index is -3.57. The Morgan fingerprint density at radius 3 is 2.40 bits per heavy atom. The van der Waals surface area contributed by atoms with E-state index in [0.717, 1.165) is 24.8 Å². The molecule has 0 fully saturated rings. The number of nitrogens with two attached hydrogens (primary N) is 1. The first-order chi connectivity index (χ1) is 11.3. The van der Waals surface area contributed by atoms with Crippen LogP contribution in [0.25, 0.3) is 0 Å². The monoisotopic (exact) mass is 380 g/mol. The predicted molar refractivity (Wildman–Crippen MR) is 105 cm³/mol. The van der Waals surface area contributed by atoms with E-state index in [4.69, 9.17) is 5.73 Å². The maximum Gasteiger partial charge on any atom is 0.261 e. The average Bonchev–Trinajstić information content (AvgIpc) is 2.55. The molecule has 136 valence electrons. The number of halogens is 1. The van der Waals surface area contributed by atoms with Gasteiger partial charge in [-0.3, -0.25) is 4.72 Å². The highest BCUT2D eigenvalue weighted by molar-refractivity contribution is 7.92. The Bertz CT molecular complexity index is 833. The van der Waals surface area contributed by atoms with Gasteiger partial charge in [-0.05, 0) is 66.1 Å². The Balaban J connectivity index is 0.00000225. The van der Waals surface area contributed by atoms with Crippen LogP contribution in [0.1, 0.15) is 42.9 Å². The topological polar surface area (TPSA) is 72.2 Å². The van der Waals surface area contributed by atoms with Crippen LogP contribution in [0.3, 0.4) is 0 Å². The van der Waals surface area contributed by atoms with Gasteiger partial charge in [0.1, 0.15) is 0 Å². The van der Waals surface area contributed by atoms with E-state index in [9.17, 15) is 8.42 Å². The predicted octanol–water partition coefficient (Wildman–Crippen LogP) is 3.85. The van der Waals surface area contributed by atoms with Gasteiger partial charge in [-0.15, -0.1) is 12.4 Å². The van der Waals surface area contributed by atoms with Gasteiger partial charge in [-0.2, -0.15) is 0 Å². The van der Waals surface area contributed by atoms with Gasteiger partial charge < -0.3 is 5.73 Å². The summed E-state index contributed by atoms with van der Waals surface area (Å²) < 4.78 is 27.8. The molecular formula is C19H25ClN2O2S. The van der Waals surface area contributed by atoms with Gasteiger partial charge >= 0.3 is 0 Å². The summed E-state index contributed by atoms with van der Waals surface area (Å²) in [4.78, 5) is 0.284. The lowest BCUT2D eigenvalue weighted by Gasteiger charge is -2.22. The van der Waals surface area contributed by atoms with Crippen LogP contribution in [-0.2, 0) is 22.9 Å². The summed E-state index contributed by atoms with van der Waals surface area (Å²) in [6.07, 6.45) is 2.70. The quantitative estimate of drug-likeness (QED) is 0.846. The molecule has 0 amide bonds. The zero-order chi connectivity index (χ0) is 17.3. The van der Waals surface area contributed by atoms with Crippen molar-refractivity contribution >= 4 is 28.1 Å². The molecular weight excluding hydrogens is 356 g/mol. The van der Waals surface area contributed by atoms with Gasteiger partial charge in [0.15, 0.2) is 0 Å². The Hall–Kier alpha value is -1.56. The average molecular weight is 381 g/mol. The molecule has 1 aliphatic carbocycles. The molecule has 6 heteroatoms. The van der Waals surface area contributed by atoms with Crippen molar-refractivity contribution in [3.8, 4) is 0 Å². The van der Waals surface area contributed by atoms with Crippen molar-refractivity contribution in [3.05, 3.63) is 59.2 Å². The van der Waals surface area contributed by atoms with E-state index in [-0.39, 0.29) is 23.3 Å². The molecule has 0 aliphatic heterocycles. The molecule has 2 aromatic rings. The molecule has 25 heavy (non-hydrogen) atoms. The molecule has 0 aromatic heterocycles. The van der Waals surface area contributed by atoms with E-state index in [1.807, 2.05) is 30.3 Å². The van der Waals surface area contributed by atoms with Crippen LogP contribution in [0.2, 0.25) is 0 Å². The van der Waals surface area contributed by atoms with Crippen LogP contribution >= 0.6 is 12.4 Å². The Morgan fingerprint density at radius 1 is 1.08 bits per heavy atom. The lowest BCUT2D eigenvalue weighted by Crippen LogP contribution is -2.27. The molecule has 0 heterocycles. The van der Waals surface area contributed by atoms with E-state index < -0.39 is 10.0 Å². The van der Waals surface area contributed by atoms with Gasteiger partial charge in [0, 0.05) is 11.7 Å². The third-order valence-corrected chi connectivity index (χ3v) is 5.98. The number of anilines is 1. The zero-order valence-corrected chi connectivity index (χ0v) is 16.2. The summed E-state index contributed by atoms with van der Waals surface area (Å²) in [5, 5.41) is 0. The number of aryl methyl sites for hydroxylation is 1. The first-order valence-electron chi connectivity index (χ1n) is 8.35. The van der Waals surface area contributed by atoms with E-state index in [2.05, 4.69) is 18.6 Å². The molecule has 0 radical (unpaired) electrons. The van der Waals surface area contributed by atoms with Gasteiger partial charge in [0.25, 0.3) is 10.0 Å². The van der Waals surface area contributed by atoms with Crippen LogP contribution in [0.15, 0.2) is 47.4 Å². The smallest absolute Gasteiger partial charge is 0.261 e. The van der Waals surface area contributed by atoms with Crippen molar-refractivity contribution < 1.29 is 8.42 Å². The molecule has 0 bridgehead atoms. The lowest BCUT2D eigenvalue weighted by atomic mass is 9.88. The van der Waals surface area contributed by atoms with Gasteiger partial charge in [-0.25, -0.2) is 8.42 Å². The van der Waals surface area contributed by atoms with Crippen molar-refractivity contribution in [1.29, 1.82) is 0 Å². The highest BCUT2D eigenvalue weighted by Crippen LogP contribution is 2.26. The second-order valence-corrected chi connectivity index (χ2v) is 8.50. The molecule has 3 rings (SSSR count). The maximum absolute atomic E-state index is 12.6. The number of fused-ring (bicyclic) bond motifs is 1.